The van der Waals surface area contributed by atoms with Crippen LogP contribution in [-0.4, -0.2) is 65.5 Å². The molecule has 0 spiro atoms. The summed E-state index contributed by atoms with van der Waals surface area (Å²) in [6.45, 7) is 3.66. The van der Waals surface area contributed by atoms with Crippen molar-refractivity contribution in [2.75, 3.05) is 32.7 Å². The summed E-state index contributed by atoms with van der Waals surface area (Å²) in [4.78, 5) is 13.3. The van der Waals surface area contributed by atoms with Crippen molar-refractivity contribution in [2.45, 2.75) is 25.7 Å². The van der Waals surface area contributed by atoms with Crippen molar-refractivity contribution in [2.24, 2.45) is 0 Å². The zero-order valence-corrected chi connectivity index (χ0v) is 12.4. The molecule has 124 valence electrons. The molecule has 0 saturated carbocycles. The summed E-state index contributed by atoms with van der Waals surface area (Å²) in [5.41, 5.74) is 0.267. The molecule has 1 aliphatic rings. The highest BCUT2D eigenvalue weighted by molar-refractivity contribution is 5.93. The summed E-state index contributed by atoms with van der Waals surface area (Å²) in [6, 6.07) is -1.67. The van der Waals surface area contributed by atoms with Gasteiger partial charge in [0.05, 0.1) is 11.8 Å². The van der Waals surface area contributed by atoms with Gasteiger partial charge in [-0.1, -0.05) is 0 Å². The number of aromatic nitrogens is 2. The summed E-state index contributed by atoms with van der Waals surface area (Å²) < 4.78 is 41.1. The minimum atomic E-state index is -4.38. The molecule has 1 saturated heterocycles. The van der Waals surface area contributed by atoms with Crippen LogP contribution < -0.4 is 10.6 Å². The van der Waals surface area contributed by atoms with Crippen molar-refractivity contribution >= 4 is 5.91 Å². The van der Waals surface area contributed by atoms with Crippen LogP contribution in [0.25, 0.3) is 0 Å². The highest BCUT2D eigenvalue weighted by Crippen LogP contribution is 2.24. The van der Waals surface area contributed by atoms with Gasteiger partial charge in [0, 0.05) is 45.5 Å². The smallest absolute Gasteiger partial charge is 0.350 e. The van der Waals surface area contributed by atoms with Gasteiger partial charge in [-0.2, -0.15) is 18.3 Å². The number of piperazine rings is 1. The second-order valence-corrected chi connectivity index (χ2v) is 5.14. The van der Waals surface area contributed by atoms with Gasteiger partial charge >= 0.3 is 6.18 Å². The molecule has 2 N–H and O–H groups in total. The van der Waals surface area contributed by atoms with Crippen molar-refractivity contribution in [1.82, 2.24) is 25.3 Å². The van der Waals surface area contributed by atoms with Crippen LogP contribution in [0.3, 0.4) is 0 Å². The first-order valence-electron chi connectivity index (χ1n) is 7.24. The van der Waals surface area contributed by atoms with Crippen molar-refractivity contribution in [1.29, 1.82) is 0 Å². The maximum absolute atomic E-state index is 13.2. The van der Waals surface area contributed by atoms with Crippen LogP contribution in [0.1, 0.15) is 17.3 Å². The molecular weight excluding hydrogens is 299 g/mol. The number of carbonyl (C=O) groups is 1. The van der Waals surface area contributed by atoms with Gasteiger partial charge in [0.15, 0.2) is 0 Å². The maximum Gasteiger partial charge on any atom is 0.405 e. The van der Waals surface area contributed by atoms with Crippen molar-refractivity contribution < 1.29 is 18.0 Å². The van der Waals surface area contributed by atoms with Gasteiger partial charge in [-0.3, -0.25) is 14.4 Å². The molecule has 0 aliphatic carbocycles. The van der Waals surface area contributed by atoms with Crippen LogP contribution in [0.4, 0.5) is 13.2 Å². The molecule has 22 heavy (non-hydrogen) atoms. The first kappa shape index (κ1) is 16.8. The Bertz CT molecular complexity index is 496. The fourth-order valence-electron chi connectivity index (χ4n) is 2.39. The second kappa shape index (κ2) is 7.10. The van der Waals surface area contributed by atoms with E-state index in [-0.39, 0.29) is 5.56 Å². The largest absolute Gasteiger partial charge is 0.405 e. The average molecular weight is 319 g/mol. The predicted octanol–water partition coefficient (Wildman–Crippen LogP) is 0.469. The second-order valence-electron chi connectivity index (χ2n) is 5.14. The summed E-state index contributed by atoms with van der Waals surface area (Å²) >= 11 is 0. The molecule has 1 atom stereocenters. The van der Waals surface area contributed by atoms with Gasteiger partial charge in [-0.25, -0.2) is 0 Å². The zero-order chi connectivity index (χ0) is 16.2. The highest BCUT2D eigenvalue weighted by atomic mass is 19.4. The van der Waals surface area contributed by atoms with E-state index in [1.165, 1.54) is 17.3 Å². The third kappa shape index (κ3) is 4.20. The van der Waals surface area contributed by atoms with Crippen LogP contribution in [0.15, 0.2) is 12.4 Å². The Morgan fingerprint density at radius 3 is 2.68 bits per heavy atom. The standard InChI is InChI=1S/C13H20F3N5O/c1-2-21-9-10(7-19-21)12(22)18-8-11(13(14,15)16)20-5-3-17-4-6-20/h7,9,11,17H,2-6,8H2,1H3,(H,18,22). The molecule has 1 aromatic heterocycles. The van der Waals surface area contributed by atoms with Crippen LogP contribution in [0.2, 0.25) is 0 Å². The molecule has 1 unspecified atom stereocenters. The maximum atomic E-state index is 13.2. The first-order chi connectivity index (χ1) is 10.4. The summed E-state index contributed by atoms with van der Waals surface area (Å²) in [7, 11) is 0. The number of amides is 1. The van der Waals surface area contributed by atoms with E-state index in [1.807, 2.05) is 6.92 Å². The van der Waals surface area contributed by atoms with Crippen LogP contribution in [0, 0.1) is 0 Å². The summed E-state index contributed by atoms with van der Waals surface area (Å²) in [5.74, 6) is -0.538. The van der Waals surface area contributed by atoms with Crippen LogP contribution in [-0.2, 0) is 6.54 Å². The molecule has 1 amide bonds. The number of nitrogens with one attached hydrogen (secondary N) is 2. The summed E-state index contributed by atoms with van der Waals surface area (Å²) in [5, 5.41) is 9.32. The van der Waals surface area contributed by atoms with Crippen LogP contribution in [0.5, 0.6) is 0 Å². The lowest BCUT2D eigenvalue weighted by atomic mass is 10.2. The van der Waals surface area contributed by atoms with E-state index in [0.29, 0.717) is 32.7 Å². The molecule has 2 heterocycles. The number of halogens is 3. The number of rotatable bonds is 5. The van der Waals surface area contributed by atoms with E-state index in [4.69, 9.17) is 0 Å². The normalized spacial score (nSPS) is 18.2. The van der Waals surface area contributed by atoms with E-state index in [1.54, 1.807) is 4.68 Å². The third-order valence-electron chi connectivity index (χ3n) is 3.65. The Hall–Kier alpha value is -1.61. The Morgan fingerprint density at radius 1 is 1.45 bits per heavy atom. The Labute approximate surface area is 126 Å². The highest BCUT2D eigenvalue weighted by Gasteiger charge is 2.43. The molecule has 1 fully saturated rings. The minimum Gasteiger partial charge on any atom is -0.350 e. The predicted molar refractivity (Wildman–Crippen MR) is 74.5 cm³/mol. The Balaban J connectivity index is 1.96. The van der Waals surface area contributed by atoms with Gasteiger partial charge in [-0.05, 0) is 6.92 Å². The number of carbonyl (C=O) groups excluding carboxylic acids is 1. The topological polar surface area (TPSA) is 62.2 Å². The van der Waals surface area contributed by atoms with Gasteiger partial charge in [0.25, 0.3) is 5.91 Å². The molecule has 9 heteroatoms. The molecule has 0 bridgehead atoms. The van der Waals surface area contributed by atoms with Gasteiger partial charge < -0.3 is 10.6 Å². The SMILES string of the molecule is CCn1cc(C(=O)NCC(N2CCNCC2)C(F)(F)F)cn1. The lowest BCUT2D eigenvalue weighted by Crippen LogP contribution is -2.57. The van der Waals surface area contributed by atoms with Crippen molar-refractivity contribution in [3.8, 4) is 0 Å². The van der Waals surface area contributed by atoms with E-state index in [9.17, 15) is 18.0 Å². The molecule has 1 aromatic rings. The number of hydrogen-bond acceptors (Lipinski definition) is 4. The fraction of sp³-hybridized carbons (Fsp3) is 0.692. The van der Waals surface area contributed by atoms with Gasteiger partial charge in [0.2, 0.25) is 0 Å². The average Bonchev–Trinajstić information content (AvgIpc) is 2.96. The molecule has 1 aliphatic heterocycles. The van der Waals surface area contributed by atoms with E-state index in [2.05, 4.69) is 15.7 Å². The first-order valence-corrected chi connectivity index (χ1v) is 7.24. The zero-order valence-electron chi connectivity index (χ0n) is 12.4. The van der Waals surface area contributed by atoms with E-state index in [0.717, 1.165) is 0 Å². The van der Waals surface area contributed by atoms with Crippen molar-refractivity contribution in [3.05, 3.63) is 18.0 Å². The number of alkyl halides is 3. The quantitative estimate of drug-likeness (QED) is 0.828. The number of nitrogens with zero attached hydrogens (tertiary/aromatic N) is 3. The van der Waals surface area contributed by atoms with Gasteiger partial charge in [-0.15, -0.1) is 0 Å². The Morgan fingerprint density at radius 2 is 2.14 bits per heavy atom. The van der Waals surface area contributed by atoms with E-state index < -0.39 is 24.7 Å². The lowest BCUT2D eigenvalue weighted by Gasteiger charge is -2.35. The molecule has 2 rings (SSSR count). The monoisotopic (exact) mass is 319 g/mol. The number of aryl methyl sites for hydroxylation is 1. The van der Waals surface area contributed by atoms with Crippen LogP contribution >= 0.6 is 0 Å². The number of hydrogen-bond donors (Lipinski definition) is 2. The lowest BCUT2D eigenvalue weighted by molar-refractivity contribution is -0.183. The molecule has 0 aromatic carbocycles. The molecule has 0 radical (unpaired) electrons. The molecular formula is C13H20F3N5O. The van der Waals surface area contributed by atoms with E-state index >= 15 is 0 Å². The molecule has 6 nitrogen and oxygen atoms in total. The Kier molecular flexibility index (Phi) is 5.41. The van der Waals surface area contributed by atoms with Gasteiger partial charge in [0.1, 0.15) is 6.04 Å². The fourth-order valence-corrected chi connectivity index (χ4v) is 2.39. The van der Waals surface area contributed by atoms with Crippen molar-refractivity contribution in [3.63, 3.8) is 0 Å². The third-order valence-corrected chi connectivity index (χ3v) is 3.65. The minimum absolute atomic E-state index is 0.267. The summed E-state index contributed by atoms with van der Waals surface area (Å²) in [6.07, 6.45) is -1.51.